The number of hydrogen-bond donors (Lipinski definition) is 2. The number of carboxylic acid groups (broad SMARTS) is 1. The predicted molar refractivity (Wildman–Crippen MR) is 98.6 cm³/mol. The summed E-state index contributed by atoms with van der Waals surface area (Å²) >= 11 is 0. The highest BCUT2D eigenvalue weighted by atomic mass is 16.4. The summed E-state index contributed by atoms with van der Waals surface area (Å²) in [5.74, 6) is -1.04. The van der Waals surface area contributed by atoms with Crippen molar-refractivity contribution in [2.45, 2.75) is 64.5 Å². The Morgan fingerprint density at radius 1 is 1.23 bits per heavy atom. The minimum atomic E-state index is -0.834. The highest BCUT2D eigenvalue weighted by Gasteiger charge is 2.29. The number of likely N-dealkylation sites (tertiary alicyclic amines) is 1. The van der Waals surface area contributed by atoms with E-state index >= 15 is 0 Å². The van der Waals surface area contributed by atoms with Crippen LogP contribution in [0.5, 0.6) is 0 Å². The highest BCUT2D eigenvalue weighted by molar-refractivity contribution is 5.79. The van der Waals surface area contributed by atoms with E-state index in [-0.39, 0.29) is 36.7 Å². The molecule has 1 aromatic rings. The Hall–Kier alpha value is -2.37. The van der Waals surface area contributed by atoms with Gasteiger partial charge >= 0.3 is 5.97 Å². The van der Waals surface area contributed by atoms with E-state index in [4.69, 9.17) is 5.11 Å². The summed E-state index contributed by atoms with van der Waals surface area (Å²) in [6.45, 7) is 4.09. The van der Waals surface area contributed by atoms with Crippen LogP contribution in [0.15, 0.2) is 24.3 Å². The van der Waals surface area contributed by atoms with Crippen molar-refractivity contribution in [2.75, 3.05) is 6.54 Å². The van der Waals surface area contributed by atoms with E-state index in [0.29, 0.717) is 13.0 Å². The van der Waals surface area contributed by atoms with Crippen LogP contribution in [0, 0.1) is 6.92 Å². The monoisotopic (exact) mass is 360 g/mol. The topological polar surface area (TPSA) is 86.7 Å². The van der Waals surface area contributed by atoms with Crippen LogP contribution in [0.3, 0.4) is 0 Å². The first-order valence-electron chi connectivity index (χ1n) is 9.21. The summed E-state index contributed by atoms with van der Waals surface area (Å²) in [4.78, 5) is 37.2. The molecule has 1 aliphatic heterocycles. The van der Waals surface area contributed by atoms with E-state index in [1.54, 1.807) is 0 Å². The maximum atomic E-state index is 12.9. The molecular weight excluding hydrogens is 332 g/mol. The third-order valence-electron chi connectivity index (χ3n) is 4.87. The van der Waals surface area contributed by atoms with E-state index in [1.165, 1.54) is 6.92 Å². The van der Waals surface area contributed by atoms with Gasteiger partial charge in [0.15, 0.2) is 0 Å². The third kappa shape index (κ3) is 5.86. The zero-order valence-corrected chi connectivity index (χ0v) is 15.5. The lowest BCUT2D eigenvalue weighted by molar-refractivity contribution is -0.140. The number of hydrogen-bond acceptors (Lipinski definition) is 3. The molecule has 0 bridgehead atoms. The number of benzene rings is 1. The van der Waals surface area contributed by atoms with Crippen LogP contribution in [-0.4, -0.2) is 40.4 Å². The molecule has 1 aliphatic rings. The number of amides is 2. The van der Waals surface area contributed by atoms with Crippen LogP contribution >= 0.6 is 0 Å². The van der Waals surface area contributed by atoms with Crippen molar-refractivity contribution in [3.8, 4) is 0 Å². The first-order valence-corrected chi connectivity index (χ1v) is 9.21. The molecule has 0 aliphatic carbocycles. The summed E-state index contributed by atoms with van der Waals surface area (Å²) < 4.78 is 0. The Bertz CT molecular complexity index is 642. The molecule has 0 radical (unpaired) electrons. The van der Waals surface area contributed by atoms with Crippen molar-refractivity contribution < 1.29 is 19.5 Å². The average Bonchev–Trinajstić information content (AvgIpc) is 2.60. The SMILES string of the molecule is CC(=O)N[C@@H](CC(=O)N1CCCC[C@@H]1CCC(=O)O)c1ccc(C)cc1. The van der Waals surface area contributed by atoms with Gasteiger partial charge < -0.3 is 15.3 Å². The third-order valence-corrected chi connectivity index (χ3v) is 4.87. The van der Waals surface area contributed by atoms with Crippen molar-refractivity contribution in [3.63, 3.8) is 0 Å². The minimum Gasteiger partial charge on any atom is -0.481 e. The summed E-state index contributed by atoms with van der Waals surface area (Å²) in [7, 11) is 0. The number of carboxylic acids is 1. The van der Waals surface area contributed by atoms with Gasteiger partial charge in [-0.2, -0.15) is 0 Å². The molecule has 1 saturated heterocycles. The zero-order chi connectivity index (χ0) is 19.1. The quantitative estimate of drug-likeness (QED) is 0.783. The Morgan fingerprint density at radius 3 is 2.54 bits per heavy atom. The lowest BCUT2D eigenvalue weighted by Gasteiger charge is -2.36. The zero-order valence-electron chi connectivity index (χ0n) is 15.5. The molecule has 0 spiro atoms. The fourth-order valence-electron chi connectivity index (χ4n) is 3.51. The van der Waals surface area contributed by atoms with Crippen LogP contribution in [0.4, 0.5) is 0 Å². The number of piperidine rings is 1. The molecule has 0 unspecified atom stereocenters. The Balaban J connectivity index is 2.09. The van der Waals surface area contributed by atoms with Crippen molar-refractivity contribution in [3.05, 3.63) is 35.4 Å². The van der Waals surface area contributed by atoms with E-state index in [1.807, 2.05) is 36.1 Å². The highest BCUT2D eigenvalue weighted by Crippen LogP contribution is 2.25. The summed E-state index contributed by atoms with van der Waals surface area (Å²) in [6.07, 6.45) is 3.53. The maximum absolute atomic E-state index is 12.9. The number of nitrogens with zero attached hydrogens (tertiary/aromatic N) is 1. The van der Waals surface area contributed by atoms with Crippen LogP contribution in [0.1, 0.15) is 62.6 Å². The van der Waals surface area contributed by atoms with Gasteiger partial charge in [0.05, 0.1) is 12.5 Å². The summed E-state index contributed by atoms with van der Waals surface area (Å²) in [5, 5.41) is 11.8. The molecule has 0 saturated carbocycles. The normalized spacial score (nSPS) is 18.2. The van der Waals surface area contributed by atoms with Gasteiger partial charge in [-0.15, -0.1) is 0 Å². The fraction of sp³-hybridized carbons (Fsp3) is 0.550. The Labute approximate surface area is 154 Å². The van der Waals surface area contributed by atoms with Gasteiger partial charge in [0, 0.05) is 25.9 Å². The number of nitrogens with one attached hydrogen (secondary N) is 1. The smallest absolute Gasteiger partial charge is 0.303 e. The molecule has 1 heterocycles. The van der Waals surface area contributed by atoms with Gasteiger partial charge in [0.1, 0.15) is 0 Å². The van der Waals surface area contributed by atoms with Crippen LogP contribution in [0.25, 0.3) is 0 Å². The second-order valence-corrected chi connectivity index (χ2v) is 7.04. The minimum absolute atomic E-state index is 0.0247. The van der Waals surface area contributed by atoms with E-state index in [9.17, 15) is 14.4 Å². The van der Waals surface area contributed by atoms with Gasteiger partial charge in [-0.05, 0) is 38.2 Å². The lowest BCUT2D eigenvalue weighted by atomic mass is 9.95. The number of rotatable bonds is 7. The van der Waals surface area contributed by atoms with Crippen molar-refractivity contribution in [2.24, 2.45) is 0 Å². The second-order valence-electron chi connectivity index (χ2n) is 7.04. The number of carbonyl (C=O) groups excluding carboxylic acids is 2. The van der Waals surface area contributed by atoms with Gasteiger partial charge in [0.25, 0.3) is 0 Å². The fourth-order valence-corrected chi connectivity index (χ4v) is 3.51. The molecule has 2 rings (SSSR count). The molecule has 6 heteroatoms. The molecule has 2 N–H and O–H groups in total. The summed E-state index contributed by atoms with van der Waals surface area (Å²) in [5.41, 5.74) is 2.02. The number of carbonyl (C=O) groups is 3. The molecule has 26 heavy (non-hydrogen) atoms. The molecule has 1 fully saturated rings. The lowest BCUT2D eigenvalue weighted by Crippen LogP contribution is -2.45. The molecule has 2 atom stereocenters. The van der Waals surface area contributed by atoms with E-state index < -0.39 is 5.97 Å². The van der Waals surface area contributed by atoms with Crippen LogP contribution < -0.4 is 5.32 Å². The van der Waals surface area contributed by atoms with Crippen LogP contribution in [-0.2, 0) is 14.4 Å². The molecule has 142 valence electrons. The van der Waals surface area contributed by atoms with Gasteiger partial charge in [-0.1, -0.05) is 29.8 Å². The standard InChI is InChI=1S/C20H28N2O4/c1-14-6-8-16(9-7-14)18(21-15(2)23)13-19(24)22-12-4-3-5-17(22)10-11-20(25)26/h6-9,17-18H,3-5,10-13H2,1-2H3,(H,21,23)(H,25,26)/t17-,18+/m1/s1. The Morgan fingerprint density at radius 2 is 1.92 bits per heavy atom. The molecule has 1 aromatic carbocycles. The van der Waals surface area contributed by atoms with E-state index in [0.717, 1.165) is 30.4 Å². The van der Waals surface area contributed by atoms with Crippen molar-refractivity contribution >= 4 is 17.8 Å². The second kappa shape index (κ2) is 9.36. The van der Waals surface area contributed by atoms with Crippen LogP contribution in [0.2, 0.25) is 0 Å². The largest absolute Gasteiger partial charge is 0.481 e. The van der Waals surface area contributed by atoms with Crippen molar-refractivity contribution in [1.29, 1.82) is 0 Å². The molecular formula is C20H28N2O4. The van der Waals surface area contributed by atoms with Crippen molar-refractivity contribution in [1.82, 2.24) is 10.2 Å². The van der Waals surface area contributed by atoms with Gasteiger partial charge in [0.2, 0.25) is 11.8 Å². The predicted octanol–water partition coefficient (Wildman–Crippen LogP) is 2.81. The van der Waals surface area contributed by atoms with Gasteiger partial charge in [-0.25, -0.2) is 0 Å². The molecule has 6 nitrogen and oxygen atoms in total. The first-order chi connectivity index (χ1) is 12.4. The first kappa shape index (κ1) is 19.9. The molecule has 2 amide bonds. The number of aryl methyl sites for hydroxylation is 1. The summed E-state index contributed by atoms with van der Waals surface area (Å²) in [6, 6.07) is 7.39. The number of aliphatic carboxylic acids is 1. The van der Waals surface area contributed by atoms with Gasteiger partial charge in [-0.3, -0.25) is 14.4 Å². The average molecular weight is 360 g/mol. The Kier molecular flexibility index (Phi) is 7.18. The maximum Gasteiger partial charge on any atom is 0.303 e. The van der Waals surface area contributed by atoms with E-state index in [2.05, 4.69) is 5.32 Å². The molecule has 0 aromatic heterocycles.